The van der Waals surface area contributed by atoms with Crippen molar-refractivity contribution in [3.05, 3.63) is 93.6 Å². The van der Waals surface area contributed by atoms with Gasteiger partial charge < -0.3 is 13.9 Å². The van der Waals surface area contributed by atoms with Crippen molar-refractivity contribution in [2.24, 2.45) is 5.92 Å². The van der Waals surface area contributed by atoms with Crippen molar-refractivity contribution >= 4 is 23.1 Å². The average Bonchev–Trinajstić information content (AvgIpc) is 2.86. The fourth-order valence-corrected chi connectivity index (χ4v) is 3.68. The average molecular weight is 470 g/mol. The van der Waals surface area contributed by atoms with Crippen molar-refractivity contribution in [2.45, 2.75) is 13.8 Å². The highest BCUT2D eigenvalue weighted by Crippen LogP contribution is 2.34. The molecule has 0 fully saturated rings. The molecular weight excluding hydrogens is 445 g/mol. The second-order valence-corrected chi connectivity index (χ2v) is 8.42. The molecule has 1 aromatic heterocycles. The van der Waals surface area contributed by atoms with Crippen LogP contribution in [0.5, 0.6) is 11.5 Å². The molecule has 3 aromatic carbocycles. The number of rotatable bonds is 7. The summed E-state index contributed by atoms with van der Waals surface area (Å²) >= 11 is 0. The number of nitrogens with zero attached hydrogens (tertiary/aromatic N) is 1. The summed E-state index contributed by atoms with van der Waals surface area (Å²) in [7, 11) is 1.57. The van der Waals surface area contributed by atoms with E-state index < -0.39 is 5.82 Å². The topological polar surface area (TPSA) is 72.5 Å². The van der Waals surface area contributed by atoms with Crippen LogP contribution in [0.4, 0.5) is 4.39 Å². The van der Waals surface area contributed by atoms with E-state index in [2.05, 4.69) is 19.9 Å². The lowest BCUT2D eigenvalue weighted by atomic mass is 10.00. The van der Waals surface area contributed by atoms with E-state index in [4.69, 9.17) is 19.2 Å². The van der Waals surface area contributed by atoms with Crippen LogP contribution in [0.1, 0.15) is 30.7 Å². The molecule has 176 valence electrons. The molecule has 0 atom stereocenters. The van der Waals surface area contributed by atoms with Gasteiger partial charge in [0.25, 0.3) is 0 Å². The van der Waals surface area contributed by atoms with Crippen molar-refractivity contribution < 1.29 is 18.3 Å². The van der Waals surface area contributed by atoms with Gasteiger partial charge in [0.05, 0.1) is 36.3 Å². The first-order valence-corrected chi connectivity index (χ1v) is 11.2. The molecule has 4 aromatic rings. The lowest BCUT2D eigenvalue weighted by molar-refractivity contribution is 0.256. The predicted octanol–water partition coefficient (Wildman–Crippen LogP) is 6.68. The lowest BCUT2D eigenvalue weighted by Crippen LogP contribution is -2.08. The summed E-state index contributed by atoms with van der Waals surface area (Å²) in [5, 5.41) is 9.40. The zero-order valence-electron chi connectivity index (χ0n) is 19.7. The van der Waals surface area contributed by atoms with E-state index in [0.29, 0.717) is 40.7 Å². The van der Waals surface area contributed by atoms with Gasteiger partial charge in [0, 0.05) is 11.6 Å². The van der Waals surface area contributed by atoms with Crippen LogP contribution in [0.3, 0.4) is 0 Å². The van der Waals surface area contributed by atoms with E-state index >= 15 is 0 Å². The number of benzene rings is 3. The molecule has 0 unspecified atom stereocenters. The fourth-order valence-electron chi connectivity index (χ4n) is 3.68. The van der Waals surface area contributed by atoms with Gasteiger partial charge in [0.1, 0.15) is 17.2 Å². The number of para-hydroxylation sites is 1. The molecule has 6 heteroatoms. The third kappa shape index (κ3) is 5.10. The number of nitriles is 1. The summed E-state index contributed by atoms with van der Waals surface area (Å²) < 4.78 is 31.4. The Kier molecular flexibility index (Phi) is 6.98. The Bertz CT molecular complexity index is 1490. The van der Waals surface area contributed by atoms with E-state index in [1.807, 2.05) is 18.2 Å². The van der Waals surface area contributed by atoms with Gasteiger partial charge in [-0.25, -0.2) is 4.39 Å². The first-order valence-electron chi connectivity index (χ1n) is 11.2. The molecule has 0 aliphatic heterocycles. The summed E-state index contributed by atoms with van der Waals surface area (Å²) in [6.07, 6.45) is 3.44. The molecule has 0 bridgehead atoms. The maximum absolute atomic E-state index is 13.9. The Labute approximate surface area is 202 Å². The van der Waals surface area contributed by atoms with Crippen LogP contribution >= 0.6 is 0 Å². The monoisotopic (exact) mass is 469 g/mol. The zero-order chi connectivity index (χ0) is 24.9. The summed E-state index contributed by atoms with van der Waals surface area (Å²) in [5.41, 5.74) is 1.97. The van der Waals surface area contributed by atoms with Crippen LogP contribution in [0.25, 0.3) is 34.2 Å². The van der Waals surface area contributed by atoms with Gasteiger partial charge in [0.15, 0.2) is 11.5 Å². The summed E-state index contributed by atoms with van der Waals surface area (Å²) in [4.78, 5) is 13.4. The van der Waals surface area contributed by atoms with Crippen LogP contribution in [-0.2, 0) is 0 Å². The number of ether oxygens (including phenoxy) is 2. The molecule has 0 radical (unpaired) electrons. The smallest absolute Gasteiger partial charge is 0.201 e. The molecule has 0 aliphatic carbocycles. The van der Waals surface area contributed by atoms with Crippen LogP contribution in [-0.4, -0.2) is 13.7 Å². The van der Waals surface area contributed by atoms with Crippen LogP contribution < -0.4 is 14.9 Å². The van der Waals surface area contributed by atoms with Crippen molar-refractivity contribution in [2.75, 3.05) is 13.7 Å². The zero-order valence-corrected chi connectivity index (χ0v) is 19.7. The maximum Gasteiger partial charge on any atom is 0.201 e. The number of halogens is 1. The Hall–Kier alpha value is -4.37. The Morgan fingerprint density at radius 3 is 2.54 bits per heavy atom. The number of fused-ring (bicyclic) bond motifs is 1. The maximum atomic E-state index is 13.9. The van der Waals surface area contributed by atoms with Crippen LogP contribution in [0.15, 0.2) is 69.9 Å². The van der Waals surface area contributed by atoms with E-state index in [-0.39, 0.29) is 22.2 Å². The quantitative estimate of drug-likeness (QED) is 0.302. The third-order valence-electron chi connectivity index (χ3n) is 5.39. The second-order valence-electron chi connectivity index (χ2n) is 8.42. The number of methoxy groups -OCH3 is 1. The molecule has 0 spiro atoms. The Morgan fingerprint density at radius 2 is 1.86 bits per heavy atom. The lowest BCUT2D eigenvalue weighted by Gasteiger charge is -2.15. The van der Waals surface area contributed by atoms with Crippen molar-refractivity contribution in [1.82, 2.24) is 0 Å². The molecule has 1 heterocycles. The Balaban J connectivity index is 1.89. The highest BCUT2D eigenvalue weighted by molar-refractivity contribution is 5.87. The SMILES string of the molecule is COc1cccc(/C=C/c2oc3cc(F)ccc3c(=O)c2-c2ccc(C#N)cc2)c1OCC(C)C. The first-order chi connectivity index (χ1) is 16.9. The molecule has 35 heavy (non-hydrogen) atoms. The van der Waals surface area contributed by atoms with Crippen LogP contribution in [0, 0.1) is 23.1 Å². The first kappa shape index (κ1) is 23.8. The van der Waals surface area contributed by atoms with Gasteiger partial charge in [-0.1, -0.05) is 38.1 Å². The molecule has 0 saturated heterocycles. The molecule has 0 N–H and O–H groups in total. The van der Waals surface area contributed by atoms with E-state index in [9.17, 15) is 9.18 Å². The van der Waals surface area contributed by atoms with Crippen LogP contribution in [0.2, 0.25) is 0 Å². The molecular formula is C29H24FNO4. The Morgan fingerprint density at radius 1 is 1.09 bits per heavy atom. The van der Waals surface area contributed by atoms with Gasteiger partial charge in [-0.15, -0.1) is 0 Å². The molecule has 0 aliphatic rings. The van der Waals surface area contributed by atoms with Gasteiger partial charge >= 0.3 is 0 Å². The molecule has 4 rings (SSSR count). The predicted molar refractivity (Wildman–Crippen MR) is 135 cm³/mol. The van der Waals surface area contributed by atoms with Gasteiger partial charge in [0.2, 0.25) is 5.43 Å². The fraction of sp³-hybridized carbons (Fsp3) is 0.172. The standard InChI is InChI=1S/C29H24FNO4/c1-18(2)17-34-29-21(5-4-6-25(29)33-3)11-14-24-27(20-9-7-19(16-31)8-10-20)28(32)23-13-12-22(30)15-26(23)35-24/h4-15,18H,17H2,1-3H3/b14-11+. The normalized spacial score (nSPS) is 11.2. The highest BCUT2D eigenvalue weighted by atomic mass is 19.1. The minimum absolute atomic E-state index is 0.147. The summed E-state index contributed by atoms with van der Waals surface area (Å²) in [5.74, 6) is 1.23. The third-order valence-corrected chi connectivity index (χ3v) is 5.39. The highest BCUT2D eigenvalue weighted by Gasteiger charge is 2.16. The van der Waals surface area contributed by atoms with E-state index in [1.165, 1.54) is 18.2 Å². The van der Waals surface area contributed by atoms with Gasteiger partial charge in [-0.2, -0.15) is 5.26 Å². The van der Waals surface area contributed by atoms with Gasteiger partial charge in [-0.3, -0.25) is 4.79 Å². The minimum atomic E-state index is -0.501. The molecule has 0 amide bonds. The second kappa shape index (κ2) is 10.3. The molecule has 0 saturated carbocycles. The minimum Gasteiger partial charge on any atom is -0.493 e. The van der Waals surface area contributed by atoms with Crippen molar-refractivity contribution in [3.63, 3.8) is 0 Å². The van der Waals surface area contributed by atoms with E-state index in [1.54, 1.807) is 43.5 Å². The summed E-state index contributed by atoms with van der Waals surface area (Å²) in [6.45, 7) is 4.61. The largest absolute Gasteiger partial charge is 0.493 e. The number of hydrogen-bond acceptors (Lipinski definition) is 5. The summed E-state index contributed by atoms with van der Waals surface area (Å²) in [6, 6.07) is 18.1. The van der Waals surface area contributed by atoms with Crippen molar-refractivity contribution in [1.29, 1.82) is 5.26 Å². The molecule has 5 nitrogen and oxygen atoms in total. The number of hydrogen-bond donors (Lipinski definition) is 0. The van der Waals surface area contributed by atoms with Crippen molar-refractivity contribution in [3.8, 4) is 28.7 Å². The van der Waals surface area contributed by atoms with E-state index in [0.717, 1.165) is 5.56 Å². The van der Waals surface area contributed by atoms with Gasteiger partial charge in [-0.05, 0) is 54.0 Å².